The predicted octanol–water partition coefficient (Wildman–Crippen LogP) is 0.451. The molecule has 0 radical (unpaired) electrons. The molecule has 3 N–H and O–H groups in total. The van der Waals surface area contributed by atoms with Gasteiger partial charge in [0.05, 0.1) is 12.7 Å². The Balaban J connectivity index is 2.05. The summed E-state index contributed by atoms with van der Waals surface area (Å²) >= 11 is 0. The highest BCUT2D eigenvalue weighted by Gasteiger charge is 2.01. The Bertz CT molecular complexity index is 306. The summed E-state index contributed by atoms with van der Waals surface area (Å²) < 4.78 is 0. The van der Waals surface area contributed by atoms with Gasteiger partial charge in [-0.3, -0.25) is 0 Å². The van der Waals surface area contributed by atoms with Crippen LogP contribution in [-0.2, 0) is 6.54 Å². The van der Waals surface area contributed by atoms with Crippen molar-refractivity contribution in [2.45, 2.75) is 19.1 Å². The largest absolute Gasteiger partial charge is 0.394 e. The number of nitrogens with one attached hydrogen (secondary N) is 1. The fourth-order valence-electron chi connectivity index (χ4n) is 1.78. The summed E-state index contributed by atoms with van der Waals surface area (Å²) in [6.45, 7) is 3.10. The van der Waals surface area contributed by atoms with Crippen LogP contribution in [0.25, 0.3) is 0 Å². The fourth-order valence-corrected chi connectivity index (χ4v) is 1.78. The SMILES string of the molecule is CN(CCCNC[C@H](O)CO)Cc1ccccc1. The normalized spacial score (nSPS) is 12.9. The minimum Gasteiger partial charge on any atom is -0.394 e. The lowest BCUT2D eigenvalue weighted by Gasteiger charge is -2.17. The van der Waals surface area contributed by atoms with Crippen molar-refractivity contribution in [3.63, 3.8) is 0 Å². The highest BCUT2D eigenvalue weighted by Crippen LogP contribution is 2.02. The summed E-state index contributed by atoms with van der Waals surface area (Å²) in [5, 5.41) is 20.9. The van der Waals surface area contributed by atoms with Crippen molar-refractivity contribution in [2.24, 2.45) is 0 Å². The van der Waals surface area contributed by atoms with Gasteiger partial charge in [0.25, 0.3) is 0 Å². The quantitative estimate of drug-likeness (QED) is 0.559. The second-order valence-corrected chi connectivity index (χ2v) is 4.62. The smallest absolute Gasteiger partial charge is 0.0894 e. The topological polar surface area (TPSA) is 55.7 Å². The molecule has 0 heterocycles. The maximum absolute atomic E-state index is 9.14. The molecular weight excluding hydrogens is 228 g/mol. The van der Waals surface area contributed by atoms with E-state index < -0.39 is 6.10 Å². The van der Waals surface area contributed by atoms with Crippen LogP contribution in [0.1, 0.15) is 12.0 Å². The fraction of sp³-hybridized carbons (Fsp3) is 0.571. The van der Waals surface area contributed by atoms with Gasteiger partial charge in [-0.25, -0.2) is 0 Å². The zero-order valence-corrected chi connectivity index (χ0v) is 11.0. The lowest BCUT2D eigenvalue weighted by Crippen LogP contribution is -2.31. The lowest BCUT2D eigenvalue weighted by atomic mass is 10.2. The van der Waals surface area contributed by atoms with Crippen molar-refractivity contribution < 1.29 is 10.2 Å². The van der Waals surface area contributed by atoms with E-state index in [1.54, 1.807) is 0 Å². The zero-order chi connectivity index (χ0) is 13.2. The molecule has 1 rings (SSSR count). The maximum Gasteiger partial charge on any atom is 0.0894 e. The van der Waals surface area contributed by atoms with Gasteiger partial charge in [0.2, 0.25) is 0 Å². The minimum absolute atomic E-state index is 0.180. The molecule has 0 unspecified atom stereocenters. The standard InChI is InChI=1S/C14H24N2O2/c1-16(11-13-6-3-2-4-7-13)9-5-8-15-10-14(18)12-17/h2-4,6-7,14-15,17-18H,5,8-12H2,1H3/t14-/m0/s1. The highest BCUT2D eigenvalue weighted by molar-refractivity contribution is 5.14. The first kappa shape index (κ1) is 15.1. The second kappa shape index (κ2) is 9.05. The first-order chi connectivity index (χ1) is 8.72. The van der Waals surface area contributed by atoms with E-state index in [-0.39, 0.29) is 6.61 Å². The Morgan fingerprint density at radius 2 is 2.00 bits per heavy atom. The second-order valence-electron chi connectivity index (χ2n) is 4.62. The van der Waals surface area contributed by atoms with Crippen molar-refractivity contribution in [3.8, 4) is 0 Å². The molecule has 0 spiro atoms. The van der Waals surface area contributed by atoms with Crippen LogP contribution in [0.15, 0.2) is 30.3 Å². The van der Waals surface area contributed by atoms with Crippen molar-refractivity contribution in [1.29, 1.82) is 0 Å². The van der Waals surface area contributed by atoms with Crippen LogP contribution < -0.4 is 5.32 Å². The number of aliphatic hydroxyl groups excluding tert-OH is 2. The van der Waals surface area contributed by atoms with E-state index in [1.807, 2.05) is 6.07 Å². The van der Waals surface area contributed by atoms with Gasteiger partial charge in [-0.05, 0) is 32.1 Å². The molecule has 0 fully saturated rings. The highest BCUT2D eigenvalue weighted by atomic mass is 16.3. The average molecular weight is 252 g/mol. The van der Waals surface area contributed by atoms with E-state index in [1.165, 1.54) is 5.56 Å². The molecular formula is C14H24N2O2. The Morgan fingerprint density at radius 3 is 2.67 bits per heavy atom. The van der Waals surface area contributed by atoms with Crippen LogP contribution in [-0.4, -0.2) is 54.5 Å². The Labute approximate surface area is 109 Å². The Kier molecular flexibility index (Phi) is 7.60. The van der Waals surface area contributed by atoms with E-state index >= 15 is 0 Å². The third-order valence-electron chi connectivity index (χ3n) is 2.78. The van der Waals surface area contributed by atoms with Crippen LogP contribution in [0.3, 0.4) is 0 Å². The predicted molar refractivity (Wildman–Crippen MR) is 73.4 cm³/mol. The van der Waals surface area contributed by atoms with Gasteiger partial charge in [0.15, 0.2) is 0 Å². The first-order valence-electron chi connectivity index (χ1n) is 6.44. The van der Waals surface area contributed by atoms with Gasteiger partial charge >= 0.3 is 0 Å². The van der Waals surface area contributed by atoms with E-state index in [0.29, 0.717) is 6.54 Å². The zero-order valence-electron chi connectivity index (χ0n) is 11.0. The summed E-state index contributed by atoms with van der Waals surface area (Å²) in [4.78, 5) is 2.28. The molecule has 0 aromatic heterocycles. The number of nitrogens with zero attached hydrogens (tertiary/aromatic N) is 1. The van der Waals surface area contributed by atoms with Crippen LogP contribution in [0.2, 0.25) is 0 Å². The summed E-state index contributed by atoms with van der Waals surface area (Å²) in [7, 11) is 2.11. The van der Waals surface area contributed by atoms with Crippen LogP contribution in [0.5, 0.6) is 0 Å². The minimum atomic E-state index is -0.646. The van der Waals surface area contributed by atoms with Crippen LogP contribution >= 0.6 is 0 Å². The Hall–Kier alpha value is -0.940. The summed E-state index contributed by atoms with van der Waals surface area (Å²) in [5.74, 6) is 0. The molecule has 4 nitrogen and oxygen atoms in total. The van der Waals surface area contributed by atoms with Gasteiger partial charge in [-0.1, -0.05) is 30.3 Å². The van der Waals surface area contributed by atoms with Crippen molar-refractivity contribution >= 4 is 0 Å². The Morgan fingerprint density at radius 1 is 1.28 bits per heavy atom. The number of benzene rings is 1. The van der Waals surface area contributed by atoms with E-state index in [0.717, 1.165) is 26.1 Å². The van der Waals surface area contributed by atoms with Crippen LogP contribution in [0, 0.1) is 0 Å². The third kappa shape index (κ3) is 6.71. The number of rotatable bonds is 9. The number of aliphatic hydroxyl groups is 2. The molecule has 0 aliphatic heterocycles. The molecule has 4 heteroatoms. The van der Waals surface area contributed by atoms with E-state index in [2.05, 4.69) is 41.5 Å². The monoisotopic (exact) mass is 252 g/mol. The van der Waals surface area contributed by atoms with Crippen molar-refractivity contribution in [1.82, 2.24) is 10.2 Å². The van der Waals surface area contributed by atoms with Gasteiger partial charge in [-0.15, -0.1) is 0 Å². The average Bonchev–Trinajstić information content (AvgIpc) is 2.39. The number of hydrogen-bond acceptors (Lipinski definition) is 4. The summed E-state index contributed by atoms with van der Waals surface area (Å²) in [5.41, 5.74) is 1.32. The van der Waals surface area contributed by atoms with Gasteiger partial charge in [0, 0.05) is 13.1 Å². The maximum atomic E-state index is 9.14. The van der Waals surface area contributed by atoms with Crippen molar-refractivity contribution in [2.75, 3.05) is 33.3 Å². The molecule has 0 aliphatic rings. The van der Waals surface area contributed by atoms with Crippen LogP contribution in [0.4, 0.5) is 0 Å². The lowest BCUT2D eigenvalue weighted by molar-refractivity contribution is 0.0943. The molecule has 102 valence electrons. The molecule has 0 saturated heterocycles. The summed E-state index contributed by atoms with van der Waals surface area (Å²) in [6, 6.07) is 10.4. The van der Waals surface area contributed by atoms with Crippen molar-refractivity contribution in [3.05, 3.63) is 35.9 Å². The molecule has 1 aromatic carbocycles. The molecule has 1 aromatic rings. The molecule has 0 saturated carbocycles. The van der Waals surface area contributed by atoms with E-state index in [4.69, 9.17) is 10.2 Å². The summed E-state index contributed by atoms with van der Waals surface area (Å²) in [6.07, 6.45) is 0.383. The molecule has 1 atom stereocenters. The van der Waals surface area contributed by atoms with Gasteiger partial charge in [-0.2, -0.15) is 0 Å². The first-order valence-corrected chi connectivity index (χ1v) is 6.44. The third-order valence-corrected chi connectivity index (χ3v) is 2.78. The van der Waals surface area contributed by atoms with Gasteiger partial charge in [0.1, 0.15) is 0 Å². The molecule has 18 heavy (non-hydrogen) atoms. The molecule has 0 bridgehead atoms. The van der Waals surface area contributed by atoms with Gasteiger partial charge < -0.3 is 20.4 Å². The van der Waals surface area contributed by atoms with E-state index in [9.17, 15) is 0 Å². The number of hydrogen-bond donors (Lipinski definition) is 3. The molecule has 0 amide bonds. The molecule has 0 aliphatic carbocycles.